The third-order valence-corrected chi connectivity index (χ3v) is 3.40. The van der Waals surface area contributed by atoms with Crippen LogP contribution >= 0.6 is 12.4 Å². The van der Waals surface area contributed by atoms with Crippen LogP contribution in [0.3, 0.4) is 0 Å². The molecular weight excluding hydrogens is 330 g/mol. The highest BCUT2D eigenvalue weighted by Gasteiger charge is 2.17. The van der Waals surface area contributed by atoms with Crippen LogP contribution in [0.15, 0.2) is 42.5 Å². The van der Waals surface area contributed by atoms with E-state index in [1.807, 2.05) is 31.2 Å². The second kappa shape index (κ2) is 8.36. The average Bonchev–Trinajstić information content (AvgIpc) is 2.48. The summed E-state index contributed by atoms with van der Waals surface area (Å²) in [6.07, 6.45) is 0. The number of anilines is 1. The van der Waals surface area contributed by atoms with E-state index in [0.717, 1.165) is 11.1 Å². The standard InChI is InChI=1S/C18H19NO4.ClH/c1-11(14-4-6-15(19)7-5-14)17-10-16(22-12(2)20)8-9-18(17)23-13(3)21;/h4-11H,19H2,1-3H3;1H. The number of hydrogen-bond donors (Lipinski definition) is 1. The van der Waals surface area contributed by atoms with Gasteiger partial charge in [-0.25, -0.2) is 0 Å². The second-order valence-electron chi connectivity index (χ2n) is 5.28. The number of benzene rings is 2. The van der Waals surface area contributed by atoms with Crippen molar-refractivity contribution in [1.82, 2.24) is 0 Å². The van der Waals surface area contributed by atoms with Crippen LogP contribution in [-0.2, 0) is 9.59 Å². The monoisotopic (exact) mass is 349 g/mol. The van der Waals surface area contributed by atoms with Gasteiger partial charge in [0.1, 0.15) is 11.5 Å². The highest BCUT2D eigenvalue weighted by atomic mass is 35.5. The van der Waals surface area contributed by atoms with Gasteiger partial charge in [-0.1, -0.05) is 19.1 Å². The van der Waals surface area contributed by atoms with Gasteiger partial charge in [-0.3, -0.25) is 9.59 Å². The minimum Gasteiger partial charge on any atom is -0.427 e. The molecule has 0 bridgehead atoms. The van der Waals surface area contributed by atoms with Gasteiger partial charge in [-0.2, -0.15) is 0 Å². The van der Waals surface area contributed by atoms with E-state index in [9.17, 15) is 9.59 Å². The third-order valence-electron chi connectivity index (χ3n) is 3.40. The number of nitrogens with two attached hydrogens (primary N) is 1. The Morgan fingerprint density at radius 2 is 1.54 bits per heavy atom. The average molecular weight is 350 g/mol. The number of carbonyl (C=O) groups is 2. The van der Waals surface area contributed by atoms with E-state index < -0.39 is 11.9 Å². The van der Waals surface area contributed by atoms with Gasteiger partial charge in [0.2, 0.25) is 0 Å². The molecule has 0 aliphatic heterocycles. The van der Waals surface area contributed by atoms with Gasteiger partial charge in [0, 0.05) is 31.0 Å². The molecule has 128 valence electrons. The van der Waals surface area contributed by atoms with Crippen molar-refractivity contribution >= 4 is 30.0 Å². The van der Waals surface area contributed by atoms with Crippen LogP contribution in [0.2, 0.25) is 0 Å². The fourth-order valence-corrected chi connectivity index (χ4v) is 2.31. The predicted octanol–water partition coefficient (Wildman–Crippen LogP) is 3.69. The molecule has 0 amide bonds. The van der Waals surface area contributed by atoms with E-state index in [1.165, 1.54) is 13.8 Å². The quantitative estimate of drug-likeness (QED) is 0.517. The number of hydrogen-bond acceptors (Lipinski definition) is 5. The zero-order chi connectivity index (χ0) is 17.0. The van der Waals surface area contributed by atoms with Crippen LogP contribution in [0.5, 0.6) is 11.5 Å². The van der Waals surface area contributed by atoms with Crippen molar-refractivity contribution in [1.29, 1.82) is 0 Å². The van der Waals surface area contributed by atoms with Crippen LogP contribution in [0.25, 0.3) is 0 Å². The minimum absolute atomic E-state index is 0. The first-order chi connectivity index (χ1) is 10.9. The Kier molecular flexibility index (Phi) is 6.80. The number of halogens is 1. The van der Waals surface area contributed by atoms with Crippen LogP contribution in [0, 0.1) is 0 Å². The van der Waals surface area contributed by atoms with E-state index >= 15 is 0 Å². The Balaban J connectivity index is 0.00000288. The lowest BCUT2D eigenvalue weighted by Gasteiger charge is -2.17. The molecule has 0 fully saturated rings. The lowest BCUT2D eigenvalue weighted by Crippen LogP contribution is -2.08. The van der Waals surface area contributed by atoms with Crippen LogP contribution < -0.4 is 15.2 Å². The van der Waals surface area contributed by atoms with Gasteiger partial charge in [0.05, 0.1) is 0 Å². The molecule has 2 aromatic carbocycles. The summed E-state index contributed by atoms with van der Waals surface area (Å²) in [6, 6.07) is 12.4. The normalized spacial score (nSPS) is 11.1. The molecule has 0 saturated carbocycles. The van der Waals surface area contributed by atoms with E-state index in [-0.39, 0.29) is 18.3 Å². The molecule has 24 heavy (non-hydrogen) atoms. The van der Waals surface area contributed by atoms with Crippen LogP contribution in [0.4, 0.5) is 5.69 Å². The van der Waals surface area contributed by atoms with Crippen LogP contribution in [-0.4, -0.2) is 11.9 Å². The smallest absolute Gasteiger partial charge is 0.308 e. The first-order valence-electron chi connectivity index (χ1n) is 7.23. The number of ether oxygens (including phenoxy) is 2. The summed E-state index contributed by atoms with van der Waals surface area (Å²) < 4.78 is 10.4. The maximum absolute atomic E-state index is 11.3. The molecule has 0 aliphatic rings. The highest BCUT2D eigenvalue weighted by Crippen LogP contribution is 2.35. The van der Waals surface area contributed by atoms with Gasteiger partial charge in [-0.15, -0.1) is 12.4 Å². The number of nitrogen functional groups attached to an aromatic ring is 1. The summed E-state index contributed by atoms with van der Waals surface area (Å²) in [7, 11) is 0. The molecule has 2 aromatic rings. The summed E-state index contributed by atoms with van der Waals surface area (Å²) in [5.41, 5.74) is 8.15. The van der Waals surface area contributed by atoms with Crippen molar-refractivity contribution in [2.45, 2.75) is 26.7 Å². The summed E-state index contributed by atoms with van der Waals surface area (Å²) >= 11 is 0. The maximum atomic E-state index is 11.3. The Morgan fingerprint density at radius 1 is 0.958 bits per heavy atom. The zero-order valence-electron chi connectivity index (χ0n) is 13.7. The maximum Gasteiger partial charge on any atom is 0.308 e. The number of rotatable bonds is 4. The molecular formula is C18H20ClNO4. The molecule has 0 heterocycles. The van der Waals surface area contributed by atoms with E-state index in [2.05, 4.69) is 0 Å². The minimum atomic E-state index is -0.406. The van der Waals surface area contributed by atoms with Gasteiger partial charge >= 0.3 is 11.9 Å². The zero-order valence-corrected chi connectivity index (χ0v) is 14.6. The summed E-state index contributed by atoms with van der Waals surface area (Å²) in [5, 5.41) is 0. The van der Waals surface area contributed by atoms with E-state index in [4.69, 9.17) is 15.2 Å². The Morgan fingerprint density at radius 3 is 2.08 bits per heavy atom. The molecule has 2 N–H and O–H groups in total. The van der Waals surface area contributed by atoms with Crippen LogP contribution in [0.1, 0.15) is 37.8 Å². The molecule has 0 aliphatic carbocycles. The van der Waals surface area contributed by atoms with Crippen molar-refractivity contribution in [3.8, 4) is 11.5 Å². The first-order valence-corrected chi connectivity index (χ1v) is 7.23. The fourth-order valence-electron chi connectivity index (χ4n) is 2.31. The van der Waals surface area contributed by atoms with Gasteiger partial charge in [-0.05, 0) is 35.9 Å². The molecule has 0 saturated heterocycles. The molecule has 0 spiro atoms. The first kappa shape index (κ1) is 19.5. The largest absolute Gasteiger partial charge is 0.427 e. The van der Waals surface area contributed by atoms with Crippen molar-refractivity contribution in [2.75, 3.05) is 5.73 Å². The number of carbonyl (C=O) groups excluding carboxylic acids is 2. The van der Waals surface area contributed by atoms with Crippen molar-refractivity contribution < 1.29 is 19.1 Å². The molecule has 6 heteroatoms. The second-order valence-corrected chi connectivity index (χ2v) is 5.28. The van der Waals surface area contributed by atoms with Crippen molar-refractivity contribution in [2.24, 2.45) is 0 Å². The van der Waals surface area contributed by atoms with Gasteiger partial charge in [0.25, 0.3) is 0 Å². The molecule has 5 nitrogen and oxygen atoms in total. The molecule has 0 radical (unpaired) electrons. The molecule has 1 atom stereocenters. The highest BCUT2D eigenvalue weighted by molar-refractivity contribution is 5.85. The molecule has 1 unspecified atom stereocenters. The Bertz CT molecular complexity index is 728. The van der Waals surface area contributed by atoms with Gasteiger partial charge in [0.15, 0.2) is 0 Å². The summed E-state index contributed by atoms with van der Waals surface area (Å²) in [4.78, 5) is 22.5. The van der Waals surface area contributed by atoms with Crippen molar-refractivity contribution in [3.63, 3.8) is 0 Å². The lowest BCUT2D eigenvalue weighted by atomic mass is 9.92. The Labute approximate surface area is 147 Å². The third kappa shape index (κ3) is 4.99. The fraction of sp³-hybridized carbons (Fsp3) is 0.222. The summed E-state index contributed by atoms with van der Waals surface area (Å²) in [6.45, 7) is 4.66. The lowest BCUT2D eigenvalue weighted by molar-refractivity contribution is -0.133. The Hall–Kier alpha value is -2.53. The van der Waals surface area contributed by atoms with Gasteiger partial charge < -0.3 is 15.2 Å². The topological polar surface area (TPSA) is 78.6 Å². The van der Waals surface area contributed by atoms with E-state index in [1.54, 1.807) is 18.2 Å². The SMILES string of the molecule is CC(=O)Oc1ccc(OC(C)=O)c(C(C)c2ccc(N)cc2)c1.Cl. The molecule has 0 aromatic heterocycles. The molecule has 2 rings (SSSR count). The predicted molar refractivity (Wildman–Crippen MR) is 94.7 cm³/mol. The van der Waals surface area contributed by atoms with E-state index in [0.29, 0.717) is 17.2 Å². The van der Waals surface area contributed by atoms with Crippen molar-refractivity contribution in [3.05, 3.63) is 53.6 Å². The summed E-state index contributed by atoms with van der Waals surface area (Å²) in [5.74, 6) is -0.0313. The number of esters is 2.